The van der Waals surface area contributed by atoms with Crippen molar-refractivity contribution in [2.75, 3.05) is 0 Å². The number of allylic oxidation sites excluding steroid dienone is 5. The number of hydrogen-bond acceptors (Lipinski definition) is 1. The van der Waals surface area contributed by atoms with Crippen molar-refractivity contribution in [3.05, 3.63) is 71.9 Å². The van der Waals surface area contributed by atoms with Crippen LogP contribution in [0.25, 0.3) is 29.2 Å². The molecule has 2 rings (SSSR count). The van der Waals surface area contributed by atoms with Gasteiger partial charge in [0.2, 0.25) is 0 Å². The van der Waals surface area contributed by atoms with Crippen LogP contribution in [0, 0.1) is 0 Å². The van der Waals surface area contributed by atoms with Crippen molar-refractivity contribution in [2.45, 2.75) is 20.8 Å². The van der Waals surface area contributed by atoms with Crippen LogP contribution < -0.4 is 10.7 Å². The first kappa shape index (κ1) is 15.8. The highest BCUT2D eigenvalue weighted by atomic mass is 15.1. The molecule has 0 saturated carbocycles. The summed E-state index contributed by atoms with van der Waals surface area (Å²) >= 11 is 0. The van der Waals surface area contributed by atoms with Crippen LogP contribution in [0.15, 0.2) is 61.2 Å². The number of aromatic nitrogens is 2. The van der Waals surface area contributed by atoms with E-state index in [2.05, 4.69) is 35.4 Å². The third kappa shape index (κ3) is 3.01. The Bertz CT molecular complexity index is 819. The van der Waals surface area contributed by atoms with Crippen molar-refractivity contribution >= 4 is 17.8 Å². The van der Waals surface area contributed by atoms with Gasteiger partial charge in [0.15, 0.2) is 0 Å². The summed E-state index contributed by atoms with van der Waals surface area (Å²) in [6, 6.07) is 10.2. The van der Waals surface area contributed by atoms with Gasteiger partial charge in [0.25, 0.3) is 0 Å². The molecule has 2 aromatic rings. The molecule has 0 radical (unpaired) electrons. The summed E-state index contributed by atoms with van der Waals surface area (Å²) in [4.78, 5) is 4.82. The molecule has 0 aliphatic heterocycles. The molecule has 0 unspecified atom stereocenters. The van der Waals surface area contributed by atoms with Gasteiger partial charge in [-0.3, -0.25) is 4.57 Å². The van der Waals surface area contributed by atoms with Gasteiger partial charge in [0.05, 0.1) is 10.7 Å². The normalized spacial score (nSPS) is 14.0. The molecule has 0 aliphatic carbocycles. The summed E-state index contributed by atoms with van der Waals surface area (Å²) in [5, 5.41) is 2.08. The summed E-state index contributed by atoms with van der Waals surface area (Å²) in [6.07, 6.45) is 12.0. The van der Waals surface area contributed by atoms with Gasteiger partial charge >= 0.3 is 0 Å². The number of rotatable bonds is 4. The lowest BCUT2D eigenvalue weighted by molar-refractivity contribution is 1.07. The van der Waals surface area contributed by atoms with Crippen LogP contribution in [-0.4, -0.2) is 9.55 Å². The summed E-state index contributed by atoms with van der Waals surface area (Å²) in [6.45, 7) is 9.90. The highest BCUT2D eigenvalue weighted by molar-refractivity contribution is 5.68. The molecule has 0 amide bonds. The van der Waals surface area contributed by atoms with Gasteiger partial charge in [-0.1, -0.05) is 61.2 Å². The SMILES string of the molecule is C=C/C=C(\C=C/C)n1c(-c2ccccc2)nc(=C/C)/c1=C\C. The molecule has 0 bridgehead atoms. The minimum atomic E-state index is 0.938. The van der Waals surface area contributed by atoms with E-state index in [0.717, 1.165) is 27.8 Å². The van der Waals surface area contributed by atoms with Gasteiger partial charge in [-0.2, -0.15) is 0 Å². The lowest BCUT2D eigenvalue weighted by Gasteiger charge is -2.09. The van der Waals surface area contributed by atoms with Crippen molar-refractivity contribution in [3.63, 3.8) is 0 Å². The number of benzene rings is 1. The topological polar surface area (TPSA) is 17.8 Å². The van der Waals surface area contributed by atoms with Gasteiger partial charge in [-0.25, -0.2) is 4.98 Å². The first-order valence-corrected chi connectivity index (χ1v) is 7.49. The molecule has 0 N–H and O–H groups in total. The van der Waals surface area contributed by atoms with Gasteiger partial charge in [-0.15, -0.1) is 0 Å². The van der Waals surface area contributed by atoms with E-state index in [1.54, 1.807) is 6.08 Å². The van der Waals surface area contributed by atoms with Crippen LogP contribution in [0.1, 0.15) is 20.8 Å². The smallest absolute Gasteiger partial charge is 0.145 e. The second-order valence-corrected chi connectivity index (χ2v) is 4.81. The largest absolute Gasteiger partial charge is 0.293 e. The maximum atomic E-state index is 4.82. The van der Waals surface area contributed by atoms with E-state index in [-0.39, 0.29) is 0 Å². The second-order valence-electron chi connectivity index (χ2n) is 4.81. The quantitative estimate of drug-likeness (QED) is 0.784. The van der Waals surface area contributed by atoms with E-state index in [9.17, 15) is 0 Å². The maximum absolute atomic E-state index is 4.82. The summed E-state index contributed by atoms with van der Waals surface area (Å²) in [5.74, 6) is 0.938. The van der Waals surface area contributed by atoms with E-state index in [4.69, 9.17) is 4.98 Å². The van der Waals surface area contributed by atoms with Gasteiger partial charge in [0.1, 0.15) is 5.82 Å². The van der Waals surface area contributed by atoms with E-state index >= 15 is 0 Å². The summed E-state index contributed by atoms with van der Waals surface area (Å²) < 4.78 is 2.17. The Labute approximate surface area is 132 Å². The Kier molecular flexibility index (Phi) is 5.31. The molecule has 0 saturated heterocycles. The maximum Gasteiger partial charge on any atom is 0.145 e. The Morgan fingerprint density at radius 3 is 2.36 bits per heavy atom. The number of hydrogen-bond donors (Lipinski definition) is 0. The molecule has 1 aromatic carbocycles. The van der Waals surface area contributed by atoms with Gasteiger partial charge < -0.3 is 0 Å². The Hall–Kier alpha value is -2.61. The number of nitrogens with zero attached hydrogens (tertiary/aromatic N) is 2. The molecular formula is C20H22N2. The van der Waals surface area contributed by atoms with Crippen LogP contribution in [0.2, 0.25) is 0 Å². The molecule has 0 fully saturated rings. The lowest BCUT2D eigenvalue weighted by Crippen LogP contribution is -2.29. The zero-order chi connectivity index (χ0) is 15.9. The second kappa shape index (κ2) is 7.41. The fourth-order valence-corrected chi connectivity index (χ4v) is 2.48. The van der Waals surface area contributed by atoms with Crippen LogP contribution in [-0.2, 0) is 0 Å². The molecule has 112 valence electrons. The van der Waals surface area contributed by atoms with Gasteiger partial charge in [-0.05, 0) is 32.9 Å². The molecular weight excluding hydrogens is 268 g/mol. The Morgan fingerprint density at radius 1 is 1.09 bits per heavy atom. The molecule has 0 aliphatic rings. The highest BCUT2D eigenvalue weighted by Crippen LogP contribution is 2.18. The molecule has 1 heterocycles. The standard InChI is InChI=1S/C20H22N2/c1-5-12-17(13-6-2)22-19(8-4)18(7-3)21-20(22)16-14-10-9-11-15-16/h5-15H,1H2,2-4H3/b13-6-,17-12+,18-7+,19-8+. The lowest BCUT2D eigenvalue weighted by atomic mass is 10.2. The Balaban J connectivity index is 2.89. The van der Waals surface area contributed by atoms with Crippen molar-refractivity contribution in [1.29, 1.82) is 0 Å². The third-order valence-electron chi connectivity index (χ3n) is 3.40. The van der Waals surface area contributed by atoms with Crippen molar-refractivity contribution in [1.82, 2.24) is 9.55 Å². The predicted octanol–water partition coefficient (Wildman–Crippen LogP) is 3.75. The average Bonchev–Trinajstić information content (AvgIpc) is 2.94. The van der Waals surface area contributed by atoms with Crippen molar-refractivity contribution in [2.24, 2.45) is 0 Å². The molecule has 2 heteroatoms. The van der Waals surface area contributed by atoms with Crippen LogP contribution in [0.3, 0.4) is 0 Å². The zero-order valence-electron chi connectivity index (χ0n) is 13.5. The van der Waals surface area contributed by atoms with Crippen molar-refractivity contribution in [3.8, 4) is 11.4 Å². The molecule has 1 aromatic heterocycles. The minimum absolute atomic E-state index is 0.938. The molecule has 2 nitrogen and oxygen atoms in total. The minimum Gasteiger partial charge on any atom is -0.293 e. The number of imidazole rings is 1. The van der Waals surface area contributed by atoms with E-state index < -0.39 is 0 Å². The molecule has 0 atom stereocenters. The zero-order valence-corrected chi connectivity index (χ0v) is 13.5. The van der Waals surface area contributed by atoms with Crippen LogP contribution >= 0.6 is 0 Å². The van der Waals surface area contributed by atoms with E-state index in [0.29, 0.717) is 0 Å². The van der Waals surface area contributed by atoms with Crippen molar-refractivity contribution < 1.29 is 0 Å². The summed E-state index contributed by atoms with van der Waals surface area (Å²) in [5.41, 5.74) is 2.14. The van der Waals surface area contributed by atoms with Crippen LogP contribution in [0.5, 0.6) is 0 Å². The van der Waals surface area contributed by atoms with E-state index in [1.165, 1.54) is 0 Å². The fraction of sp³-hybridized carbons (Fsp3) is 0.150. The average molecular weight is 290 g/mol. The van der Waals surface area contributed by atoms with Gasteiger partial charge in [0, 0.05) is 11.3 Å². The van der Waals surface area contributed by atoms with E-state index in [1.807, 2.05) is 57.2 Å². The first-order valence-electron chi connectivity index (χ1n) is 7.49. The monoisotopic (exact) mass is 290 g/mol. The summed E-state index contributed by atoms with van der Waals surface area (Å²) in [7, 11) is 0. The molecule has 0 spiro atoms. The molecule has 22 heavy (non-hydrogen) atoms. The first-order chi connectivity index (χ1) is 10.8. The predicted molar refractivity (Wildman–Crippen MR) is 96.5 cm³/mol. The highest BCUT2D eigenvalue weighted by Gasteiger charge is 2.11. The third-order valence-corrected chi connectivity index (χ3v) is 3.40. The van der Waals surface area contributed by atoms with Crippen LogP contribution in [0.4, 0.5) is 0 Å². The fourth-order valence-electron chi connectivity index (χ4n) is 2.48. The Morgan fingerprint density at radius 2 is 1.82 bits per heavy atom.